The van der Waals surface area contributed by atoms with Crippen molar-refractivity contribution in [2.75, 3.05) is 6.61 Å². The normalized spacial score (nSPS) is 20.6. The lowest BCUT2D eigenvalue weighted by molar-refractivity contribution is -0.146. The number of hydrogen-bond donors (Lipinski definition) is 0. The number of carbonyl (C=O) groups is 2. The first-order valence-corrected chi connectivity index (χ1v) is 13.8. The van der Waals surface area contributed by atoms with Crippen molar-refractivity contribution in [2.24, 2.45) is 10.9 Å². The summed E-state index contributed by atoms with van der Waals surface area (Å²) in [4.78, 5) is 34.0. The van der Waals surface area contributed by atoms with Crippen LogP contribution in [0.1, 0.15) is 56.9 Å². The molecule has 0 aliphatic heterocycles. The third-order valence-corrected chi connectivity index (χ3v) is 7.52. The fourth-order valence-corrected chi connectivity index (χ4v) is 5.83. The molecule has 5 rings (SSSR count). The molecule has 2 bridgehead atoms. The monoisotopic (exact) mass is 534 g/mol. The number of aromatic nitrogens is 1. The molecule has 2 aromatic carbocycles. The van der Waals surface area contributed by atoms with Gasteiger partial charge in [-0.15, -0.1) is 0 Å². The topological polar surface area (TPSA) is 77.8 Å². The number of esters is 2. The van der Waals surface area contributed by atoms with Crippen LogP contribution in [0, 0.1) is 5.92 Å². The number of benzene rings is 2. The second-order valence-electron chi connectivity index (χ2n) is 10.3. The molecular weight excluding hydrogens is 500 g/mol. The second-order valence-corrected chi connectivity index (χ2v) is 10.3. The Bertz CT molecular complexity index is 1490. The van der Waals surface area contributed by atoms with Gasteiger partial charge in [0.05, 0.1) is 25.1 Å². The predicted octanol–water partition coefficient (Wildman–Crippen LogP) is 6.78. The van der Waals surface area contributed by atoms with Crippen LogP contribution in [-0.2, 0) is 26.3 Å². The zero-order valence-electron chi connectivity index (χ0n) is 23.2. The summed E-state index contributed by atoms with van der Waals surface area (Å²) in [6, 6.07) is 22.5. The standard InChI is InChI=1S/C34H34N2O4/c1-4-28-27-19-23(3)21-34(28,35-22-24-11-13-26(14-12-24)25-9-7-6-8-10-25)29-15-16-31(36-30(29)20-27)40-33(38)18-17-32(37)39-5-2/h4,6-16,19,22,27H,5,17-18,20-21H2,1-3H3/b28-4+,35-22?. The average Bonchev–Trinajstić information content (AvgIpc) is 2.95. The van der Waals surface area contributed by atoms with Gasteiger partial charge in [0.15, 0.2) is 0 Å². The third kappa shape index (κ3) is 5.67. The first-order valence-electron chi connectivity index (χ1n) is 13.8. The van der Waals surface area contributed by atoms with Gasteiger partial charge in [-0.25, -0.2) is 4.98 Å². The van der Waals surface area contributed by atoms with Crippen molar-refractivity contribution in [3.05, 3.63) is 107 Å². The summed E-state index contributed by atoms with van der Waals surface area (Å²) in [5.41, 5.74) is 7.29. The molecule has 2 aliphatic carbocycles. The molecule has 2 unspecified atom stereocenters. The highest BCUT2D eigenvalue weighted by Crippen LogP contribution is 2.52. The van der Waals surface area contributed by atoms with Gasteiger partial charge >= 0.3 is 11.9 Å². The average molecular weight is 535 g/mol. The molecule has 204 valence electrons. The summed E-state index contributed by atoms with van der Waals surface area (Å²) in [6.07, 6.45) is 7.86. The maximum atomic E-state index is 12.4. The maximum Gasteiger partial charge on any atom is 0.313 e. The molecule has 1 aromatic heterocycles. The lowest BCUT2D eigenvalue weighted by Gasteiger charge is -2.45. The molecule has 0 saturated carbocycles. The molecule has 6 heteroatoms. The molecule has 3 aromatic rings. The number of ether oxygens (including phenoxy) is 2. The lowest BCUT2D eigenvalue weighted by Crippen LogP contribution is -2.40. The number of pyridine rings is 1. The van der Waals surface area contributed by atoms with Crippen LogP contribution in [0.5, 0.6) is 5.88 Å². The van der Waals surface area contributed by atoms with Crippen LogP contribution in [0.15, 0.2) is 95.0 Å². The second kappa shape index (κ2) is 11.8. The minimum atomic E-state index is -0.566. The van der Waals surface area contributed by atoms with E-state index in [1.165, 1.54) is 16.7 Å². The number of fused-ring (bicyclic) bond motifs is 4. The van der Waals surface area contributed by atoms with Crippen molar-refractivity contribution in [1.29, 1.82) is 0 Å². The number of hydrogen-bond acceptors (Lipinski definition) is 6. The summed E-state index contributed by atoms with van der Waals surface area (Å²) in [5.74, 6) is -0.508. The summed E-state index contributed by atoms with van der Waals surface area (Å²) < 4.78 is 10.4. The van der Waals surface area contributed by atoms with Gasteiger partial charge in [-0.3, -0.25) is 14.6 Å². The van der Waals surface area contributed by atoms with E-state index in [2.05, 4.69) is 62.4 Å². The van der Waals surface area contributed by atoms with Gasteiger partial charge in [-0.1, -0.05) is 72.3 Å². The van der Waals surface area contributed by atoms with E-state index in [0.717, 1.165) is 28.8 Å². The number of nitrogens with zero attached hydrogens (tertiary/aromatic N) is 2. The first-order chi connectivity index (χ1) is 19.4. The van der Waals surface area contributed by atoms with Crippen molar-refractivity contribution < 1.29 is 19.1 Å². The highest BCUT2D eigenvalue weighted by Gasteiger charge is 2.46. The number of aliphatic imine (C=N–C) groups is 1. The molecule has 40 heavy (non-hydrogen) atoms. The molecule has 0 saturated heterocycles. The van der Waals surface area contributed by atoms with E-state index >= 15 is 0 Å². The van der Waals surface area contributed by atoms with Crippen molar-refractivity contribution in [3.63, 3.8) is 0 Å². The Labute approximate surface area is 235 Å². The SMILES string of the molecule is C/C=C1\C2C=C(C)CC1(N=Cc1ccc(-c3ccccc3)cc1)c1ccc(OC(=O)CCC(=O)OCC)nc1C2. The van der Waals surface area contributed by atoms with Gasteiger partial charge < -0.3 is 9.47 Å². The van der Waals surface area contributed by atoms with Crippen molar-refractivity contribution in [3.8, 4) is 17.0 Å². The Balaban J connectivity index is 1.42. The summed E-state index contributed by atoms with van der Waals surface area (Å²) in [6.45, 7) is 6.26. The van der Waals surface area contributed by atoms with Crippen LogP contribution in [0.2, 0.25) is 0 Å². The van der Waals surface area contributed by atoms with Crippen LogP contribution in [0.3, 0.4) is 0 Å². The van der Waals surface area contributed by atoms with E-state index in [1.54, 1.807) is 13.0 Å². The minimum Gasteiger partial charge on any atom is -0.466 e. The Morgan fingerprint density at radius 1 is 1.00 bits per heavy atom. The maximum absolute atomic E-state index is 12.4. The summed E-state index contributed by atoms with van der Waals surface area (Å²) in [5, 5.41) is 0. The van der Waals surface area contributed by atoms with Crippen molar-refractivity contribution >= 4 is 18.2 Å². The van der Waals surface area contributed by atoms with E-state index in [4.69, 9.17) is 19.5 Å². The van der Waals surface area contributed by atoms with Crippen molar-refractivity contribution in [1.82, 2.24) is 4.98 Å². The van der Waals surface area contributed by atoms with Crippen LogP contribution < -0.4 is 4.74 Å². The van der Waals surface area contributed by atoms with Crippen molar-refractivity contribution in [2.45, 2.75) is 52.0 Å². The van der Waals surface area contributed by atoms with E-state index in [-0.39, 0.29) is 31.2 Å². The Kier molecular flexibility index (Phi) is 8.06. The van der Waals surface area contributed by atoms with Gasteiger partial charge in [0, 0.05) is 36.6 Å². The van der Waals surface area contributed by atoms with E-state index in [1.807, 2.05) is 30.5 Å². The largest absolute Gasteiger partial charge is 0.466 e. The summed E-state index contributed by atoms with van der Waals surface area (Å²) >= 11 is 0. The molecule has 2 atom stereocenters. The lowest BCUT2D eigenvalue weighted by atomic mass is 9.63. The van der Waals surface area contributed by atoms with Crippen LogP contribution >= 0.6 is 0 Å². The number of allylic oxidation sites excluding steroid dienone is 2. The van der Waals surface area contributed by atoms with Gasteiger partial charge in [-0.05, 0) is 49.1 Å². The van der Waals surface area contributed by atoms with Gasteiger partial charge in [0.2, 0.25) is 5.88 Å². The van der Waals surface area contributed by atoms with Crippen LogP contribution in [0.25, 0.3) is 11.1 Å². The molecule has 0 N–H and O–H groups in total. The first kappa shape index (κ1) is 27.3. The molecule has 1 heterocycles. The zero-order chi connectivity index (χ0) is 28.1. The van der Waals surface area contributed by atoms with Gasteiger partial charge in [-0.2, -0.15) is 0 Å². The highest BCUT2D eigenvalue weighted by molar-refractivity contribution is 5.82. The zero-order valence-corrected chi connectivity index (χ0v) is 23.2. The Morgan fingerprint density at radius 2 is 1.73 bits per heavy atom. The Morgan fingerprint density at radius 3 is 2.45 bits per heavy atom. The quantitative estimate of drug-likeness (QED) is 0.181. The molecular formula is C34H34N2O4. The molecule has 2 aliphatic rings. The predicted molar refractivity (Wildman–Crippen MR) is 156 cm³/mol. The van der Waals surface area contributed by atoms with E-state index in [0.29, 0.717) is 6.42 Å². The molecule has 0 spiro atoms. The highest BCUT2D eigenvalue weighted by atomic mass is 16.5. The van der Waals surface area contributed by atoms with Crippen LogP contribution in [0.4, 0.5) is 0 Å². The van der Waals surface area contributed by atoms with E-state index < -0.39 is 17.5 Å². The van der Waals surface area contributed by atoms with Gasteiger partial charge in [0.1, 0.15) is 5.54 Å². The van der Waals surface area contributed by atoms with E-state index in [9.17, 15) is 9.59 Å². The fourth-order valence-electron chi connectivity index (χ4n) is 5.83. The molecule has 0 radical (unpaired) electrons. The fraction of sp³-hybridized carbons (Fsp3) is 0.294. The molecule has 0 fully saturated rings. The molecule has 6 nitrogen and oxygen atoms in total. The smallest absolute Gasteiger partial charge is 0.313 e. The van der Waals surface area contributed by atoms with Crippen LogP contribution in [-0.4, -0.2) is 29.7 Å². The number of rotatable bonds is 8. The molecule has 0 amide bonds. The third-order valence-electron chi connectivity index (χ3n) is 7.52. The minimum absolute atomic E-state index is 0.0153. The number of carbonyl (C=O) groups excluding carboxylic acids is 2. The van der Waals surface area contributed by atoms with Gasteiger partial charge in [0.25, 0.3) is 0 Å². The Hall–Kier alpha value is -4.32. The summed E-state index contributed by atoms with van der Waals surface area (Å²) in [7, 11) is 0.